The standard InChI is InChI=1S/C14H21N/c15-10-9-12-5-4-8-14(11-12)13-6-2-1-3-7-13/h1-3,6-7,12,14H,4-5,8-11,15H2/t12-,14-/m1/s1. The van der Waals surface area contributed by atoms with Crippen molar-refractivity contribution in [3.8, 4) is 0 Å². The maximum atomic E-state index is 5.64. The summed E-state index contributed by atoms with van der Waals surface area (Å²) in [6.07, 6.45) is 6.69. The average molecular weight is 203 g/mol. The number of hydrogen-bond donors (Lipinski definition) is 1. The van der Waals surface area contributed by atoms with E-state index in [1.165, 1.54) is 37.7 Å². The van der Waals surface area contributed by atoms with E-state index in [0.717, 1.165) is 18.4 Å². The molecular weight excluding hydrogens is 182 g/mol. The summed E-state index contributed by atoms with van der Waals surface area (Å²) in [5, 5.41) is 0. The van der Waals surface area contributed by atoms with Gasteiger partial charge in [0.1, 0.15) is 0 Å². The zero-order chi connectivity index (χ0) is 10.5. The van der Waals surface area contributed by atoms with Crippen molar-refractivity contribution in [2.45, 2.75) is 38.0 Å². The van der Waals surface area contributed by atoms with Gasteiger partial charge in [0.15, 0.2) is 0 Å². The molecule has 2 rings (SSSR count). The molecule has 1 aliphatic carbocycles. The van der Waals surface area contributed by atoms with Crippen LogP contribution < -0.4 is 5.73 Å². The summed E-state index contributed by atoms with van der Waals surface area (Å²) < 4.78 is 0. The van der Waals surface area contributed by atoms with Crippen LogP contribution in [-0.2, 0) is 0 Å². The third-order valence-electron chi connectivity index (χ3n) is 3.63. The molecule has 1 aliphatic rings. The van der Waals surface area contributed by atoms with E-state index < -0.39 is 0 Å². The van der Waals surface area contributed by atoms with Crippen LogP contribution in [-0.4, -0.2) is 6.54 Å². The minimum Gasteiger partial charge on any atom is -0.330 e. The lowest BCUT2D eigenvalue weighted by Gasteiger charge is -2.29. The highest BCUT2D eigenvalue weighted by Gasteiger charge is 2.22. The van der Waals surface area contributed by atoms with E-state index in [0.29, 0.717) is 0 Å². The van der Waals surface area contributed by atoms with Crippen LogP contribution in [0.1, 0.15) is 43.6 Å². The topological polar surface area (TPSA) is 26.0 Å². The first-order valence-corrected chi connectivity index (χ1v) is 6.15. The highest BCUT2D eigenvalue weighted by atomic mass is 14.5. The Kier molecular flexibility index (Phi) is 3.79. The van der Waals surface area contributed by atoms with Crippen LogP contribution in [0.25, 0.3) is 0 Å². The van der Waals surface area contributed by atoms with Crippen molar-refractivity contribution < 1.29 is 0 Å². The van der Waals surface area contributed by atoms with Crippen molar-refractivity contribution in [3.05, 3.63) is 35.9 Å². The van der Waals surface area contributed by atoms with Gasteiger partial charge in [0.25, 0.3) is 0 Å². The molecule has 0 spiro atoms. The normalized spacial score (nSPS) is 26.5. The van der Waals surface area contributed by atoms with Crippen molar-refractivity contribution >= 4 is 0 Å². The highest BCUT2D eigenvalue weighted by molar-refractivity contribution is 5.19. The largest absolute Gasteiger partial charge is 0.330 e. The smallest absolute Gasteiger partial charge is 0.00746 e. The predicted molar refractivity (Wildman–Crippen MR) is 64.8 cm³/mol. The highest BCUT2D eigenvalue weighted by Crippen LogP contribution is 2.37. The minimum atomic E-state index is 0.788. The summed E-state index contributed by atoms with van der Waals surface area (Å²) in [7, 11) is 0. The van der Waals surface area contributed by atoms with Gasteiger partial charge in [-0.3, -0.25) is 0 Å². The lowest BCUT2D eigenvalue weighted by atomic mass is 9.77. The first kappa shape index (κ1) is 10.7. The van der Waals surface area contributed by atoms with Crippen molar-refractivity contribution in [2.24, 2.45) is 11.7 Å². The van der Waals surface area contributed by atoms with Crippen molar-refractivity contribution in [1.82, 2.24) is 0 Å². The molecule has 1 heteroatoms. The second kappa shape index (κ2) is 5.32. The average Bonchev–Trinajstić information content (AvgIpc) is 2.31. The number of benzene rings is 1. The zero-order valence-corrected chi connectivity index (χ0v) is 9.36. The van der Waals surface area contributed by atoms with E-state index >= 15 is 0 Å². The molecule has 0 saturated heterocycles. The summed E-state index contributed by atoms with van der Waals surface area (Å²) in [5.74, 6) is 1.66. The van der Waals surface area contributed by atoms with Crippen molar-refractivity contribution in [1.29, 1.82) is 0 Å². The van der Waals surface area contributed by atoms with Crippen LogP contribution in [0.3, 0.4) is 0 Å². The Morgan fingerprint density at radius 3 is 2.67 bits per heavy atom. The number of hydrogen-bond acceptors (Lipinski definition) is 1. The zero-order valence-electron chi connectivity index (χ0n) is 9.36. The Balaban J connectivity index is 1.98. The molecule has 0 radical (unpaired) electrons. The maximum absolute atomic E-state index is 5.64. The first-order chi connectivity index (χ1) is 7.40. The van der Waals surface area contributed by atoms with Gasteiger partial charge in [-0.1, -0.05) is 43.2 Å². The molecule has 0 bridgehead atoms. The van der Waals surface area contributed by atoms with Crippen LogP contribution >= 0.6 is 0 Å². The third kappa shape index (κ3) is 2.82. The fraction of sp³-hybridized carbons (Fsp3) is 0.571. The van der Waals surface area contributed by atoms with E-state index in [1.54, 1.807) is 0 Å². The molecule has 0 amide bonds. The van der Waals surface area contributed by atoms with Gasteiger partial charge in [0.05, 0.1) is 0 Å². The SMILES string of the molecule is NCC[C@H]1CCC[C@@H](c2ccccc2)C1. The quantitative estimate of drug-likeness (QED) is 0.801. The first-order valence-electron chi connectivity index (χ1n) is 6.15. The summed E-state index contributed by atoms with van der Waals surface area (Å²) in [6, 6.07) is 11.0. The van der Waals surface area contributed by atoms with E-state index in [1.807, 2.05) is 0 Å². The van der Waals surface area contributed by atoms with Gasteiger partial charge in [0, 0.05) is 0 Å². The van der Waals surface area contributed by atoms with Gasteiger partial charge in [0.2, 0.25) is 0 Å². The third-order valence-corrected chi connectivity index (χ3v) is 3.63. The molecule has 1 fully saturated rings. The molecule has 0 aliphatic heterocycles. The Labute approximate surface area is 92.7 Å². The van der Waals surface area contributed by atoms with Crippen LogP contribution in [0.15, 0.2) is 30.3 Å². The molecule has 0 aromatic heterocycles. The molecule has 2 atom stereocenters. The monoisotopic (exact) mass is 203 g/mol. The summed E-state index contributed by atoms with van der Waals surface area (Å²) in [5.41, 5.74) is 7.17. The molecule has 1 nitrogen and oxygen atoms in total. The van der Waals surface area contributed by atoms with Crippen molar-refractivity contribution in [3.63, 3.8) is 0 Å². The van der Waals surface area contributed by atoms with E-state index in [4.69, 9.17) is 5.73 Å². The Morgan fingerprint density at radius 2 is 1.93 bits per heavy atom. The fourth-order valence-electron chi connectivity index (χ4n) is 2.82. The molecule has 1 saturated carbocycles. The van der Waals surface area contributed by atoms with Gasteiger partial charge in [-0.05, 0) is 43.2 Å². The molecule has 82 valence electrons. The second-order valence-corrected chi connectivity index (χ2v) is 4.72. The maximum Gasteiger partial charge on any atom is -0.00746 e. The summed E-state index contributed by atoms with van der Waals surface area (Å²) >= 11 is 0. The molecule has 0 heterocycles. The fourth-order valence-corrected chi connectivity index (χ4v) is 2.82. The Bertz CT molecular complexity index is 279. The molecule has 0 unspecified atom stereocenters. The minimum absolute atomic E-state index is 0.788. The van der Waals surface area contributed by atoms with E-state index in [-0.39, 0.29) is 0 Å². The van der Waals surface area contributed by atoms with Crippen LogP contribution in [0, 0.1) is 5.92 Å². The molecule has 1 aromatic carbocycles. The van der Waals surface area contributed by atoms with Gasteiger partial charge >= 0.3 is 0 Å². The lowest BCUT2D eigenvalue weighted by molar-refractivity contribution is 0.309. The van der Waals surface area contributed by atoms with Gasteiger partial charge in [-0.2, -0.15) is 0 Å². The Hall–Kier alpha value is -0.820. The number of rotatable bonds is 3. The number of nitrogens with two attached hydrogens (primary N) is 1. The second-order valence-electron chi connectivity index (χ2n) is 4.72. The van der Waals surface area contributed by atoms with E-state index in [9.17, 15) is 0 Å². The van der Waals surface area contributed by atoms with Crippen LogP contribution in [0.5, 0.6) is 0 Å². The molecule has 1 aromatic rings. The van der Waals surface area contributed by atoms with Crippen molar-refractivity contribution in [2.75, 3.05) is 6.54 Å². The van der Waals surface area contributed by atoms with Gasteiger partial charge < -0.3 is 5.73 Å². The van der Waals surface area contributed by atoms with Crippen LogP contribution in [0.4, 0.5) is 0 Å². The predicted octanol–water partition coefficient (Wildman–Crippen LogP) is 3.31. The summed E-state index contributed by atoms with van der Waals surface area (Å²) in [4.78, 5) is 0. The molecule has 2 N–H and O–H groups in total. The Morgan fingerprint density at radius 1 is 1.13 bits per heavy atom. The summed E-state index contributed by atoms with van der Waals surface area (Å²) in [6.45, 7) is 0.853. The van der Waals surface area contributed by atoms with Gasteiger partial charge in [-0.25, -0.2) is 0 Å². The molecular formula is C14H21N. The molecule has 15 heavy (non-hydrogen) atoms. The van der Waals surface area contributed by atoms with Crippen LogP contribution in [0.2, 0.25) is 0 Å². The van der Waals surface area contributed by atoms with E-state index in [2.05, 4.69) is 30.3 Å². The van der Waals surface area contributed by atoms with Gasteiger partial charge in [-0.15, -0.1) is 0 Å². The lowest BCUT2D eigenvalue weighted by Crippen LogP contribution is -2.17.